The van der Waals surface area contributed by atoms with Crippen LogP contribution in [0.5, 0.6) is 0 Å². The highest BCUT2D eigenvalue weighted by Gasteiger charge is 2.23. The second kappa shape index (κ2) is 16.3. The van der Waals surface area contributed by atoms with Crippen molar-refractivity contribution >= 4 is 27.4 Å². The summed E-state index contributed by atoms with van der Waals surface area (Å²) in [6, 6.07) is 7.92. The Bertz CT molecular complexity index is 1130. The molecule has 0 saturated carbocycles. The molecule has 2 rings (SSSR count). The van der Waals surface area contributed by atoms with Gasteiger partial charge in [-0.05, 0) is 69.6 Å². The molecule has 1 aliphatic heterocycles. The van der Waals surface area contributed by atoms with E-state index >= 15 is 0 Å². The normalized spacial score (nSPS) is 14.8. The molecule has 0 radical (unpaired) electrons. The number of sulfone groups is 1. The molecule has 1 aromatic carbocycles. The lowest BCUT2D eigenvalue weighted by atomic mass is 10.2. The molecule has 0 spiro atoms. The van der Waals surface area contributed by atoms with Crippen LogP contribution in [-0.4, -0.2) is 82.8 Å². The standard InChI is InChI=1S/C14H17NO3S.C13H19NO4/c1-12(16)14(10-7-11-15(2)3)19(17,18)13-8-5-4-6-9-13;1-3-18-13(16)12(11(2)15)5-4-6-14-7-9-17-10-8-14/h4-11H,1-3H3;4-6H,3,7-10H2,1-2H3/b11-7+,14-10+;6-4-,12-5+. The first kappa shape index (κ1) is 31.5. The van der Waals surface area contributed by atoms with Crippen LogP contribution in [0.4, 0.5) is 0 Å². The molecule has 202 valence electrons. The molecule has 1 fully saturated rings. The van der Waals surface area contributed by atoms with E-state index in [1.54, 1.807) is 42.3 Å². The number of carbonyl (C=O) groups is 3. The van der Waals surface area contributed by atoms with Gasteiger partial charge in [0.15, 0.2) is 11.6 Å². The summed E-state index contributed by atoms with van der Waals surface area (Å²) >= 11 is 0. The molecule has 0 N–H and O–H groups in total. The second-order valence-electron chi connectivity index (χ2n) is 8.06. The minimum atomic E-state index is -3.76. The van der Waals surface area contributed by atoms with E-state index in [9.17, 15) is 22.8 Å². The summed E-state index contributed by atoms with van der Waals surface area (Å²) < 4.78 is 34.7. The molecule has 1 heterocycles. The molecule has 0 bridgehead atoms. The van der Waals surface area contributed by atoms with Crippen molar-refractivity contribution in [3.05, 3.63) is 77.5 Å². The lowest BCUT2D eigenvalue weighted by Gasteiger charge is -2.24. The first-order chi connectivity index (χ1) is 17.5. The summed E-state index contributed by atoms with van der Waals surface area (Å²) in [6.07, 6.45) is 9.57. The Morgan fingerprint density at radius 2 is 1.62 bits per heavy atom. The smallest absolute Gasteiger partial charge is 0.341 e. The second-order valence-corrected chi connectivity index (χ2v) is 9.97. The van der Waals surface area contributed by atoms with E-state index in [0.717, 1.165) is 13.1 Å². The van der Waals surface area contributed by atoms with Crippen LogP contribution >= 0.6 is 0 Å². The van der Waals surface area contributed by atoms with Gasteiger partial charge in [0.1, 0.15) is 10.5 Å². The van der Waals surface area contributed by atoms with Crippen LogP contribution in [0.25, 0.3) is 0 Å². The quantitative estimate of drug-likeness (QED) is 0.148. The number of Topliss-reactive ketones (excluding diaryl/α,β-unsaturated/α-hetero) is 2. The van der Waals surface area contributed by atoms with Crippen molar-refractivity contribution in [2.45, 2.75) is 25.7 Å². The average Bonchev–Trinajstić information content (AvgIpc) is 2.85. The Morgan fingerprint density at radius 1 is 1.00 bits per heavy atom. The third-order valence-corrected chi connectivity index (χ3v) is 6.70. The van der Waals surface area contributed by atoms with Gasteiger partial charge < -0.3 is 19.3 Å². The van der Waals surface area contributed by atoms with Gasteiger partial charge in [-0.1, -0.05) is 18.2 Å². The predicted molar refractivity (Wildman–Crippen MR) is 142 cm³/mol. The summed E-state index contributed by atoms with van der Waals surface area (Å²) in [5.41, 5.74) is 0.0707. The molecule has 10 heteroatoms. The van der Waals surface area contributed by atoms with Gasteiger partial charge in [-0.25, -0.2) is 13.2 Å². The highest BCUT2D eigenvalue weighted by Crippen LogP contribution is 2.19. The number of ketones is 2. The van der Waals surface area contributed by atoms with Crippen molar-refractivity contribution in [3.8, 4) is 0 Å². The van der Waals surface area contributed by atoms with Crippen molar-refractivity contribution in [3.63, 3.8) is 0 Å². The molecular formula is C27H36N2O7S. The maximum absolute atomic E-state index is 12.3. The van der Waals surface area contributed by atoms with Gasteiger partial charge in [0, 0.05) is 27.2 Å². The first-order valence-electron chi connectivity index (χ1n) is 11.7. The monoisotopic (exact) mass is 532 g/mol. The van der Waals surface area contributed by atoms with E-state index in [1.165, 1.54) is 44.2 Å². The van der Waals surface area contributed by atoms with Crippen molar-refractivity contribution in [1.29, 1.82) is 0 Å². The fourth-order valence-electron chi connectivity index (χ4n) is 2.95. The number of carbonyl (C=O) groups excluding carboxylic acids is 3. The molecule has 0 unspecified atom stereocenters. The van der Waals surface area contributed by atoms with Crippen LogP contribution < -0.4 is 0 Å². The van der Waals surface area contributed by atoms with E-state index in [1.807, 2.05) is 20.3 Å². The molecule has 1 aliphatic rings. The highest BCUT2D eigenvalue weighted by molar-refractivity contribution is 7.96. The highest BCUT2D eigenvalue weighted by atomic mass is 32.2. The third-order valence-electron chi connectivity index (χ3n) is 4.80. The average molecular weight is 533 g/mol. The Morgan fingerprint density at radius 3 is 2.14 bits per heavy atom. The van der Waals surface area contributed by atoms with Gasteiger partial charge in [-0.2, -0.15) is 0 Å². The minimum absolute atomic E-state index is 0.0707. The van der Waals surface area contributed by atoms with E-state index < -0.39 is 21.6 Å². The molecule has 9 nitrogen and oxygen atoms in total. The van der Waals surface area contributed by atoms with Crippen LogP contribution in [0.2, 0.25) is 0 Å². The van der Waals surface area contributed by atoms with Crippen molar-refractivity contribution < 1.29 is 32.3 Å². The fraction of sp³-hybridized carbons (Fsp3) is 0.370. The maximum atomic E-state index is 12.3. The van der Waals surface area contributed by atoms with Gasteiger partial charge in [0.05, 0.1) is 24.7 Å². The summed E-state index contributed by atoms with van der Waals surface area (Å²) in [5.74, 6) is -1.34. The number of ether oxygens (including phenoxy) is 2. The summed E-state index contributed by atoms with van der Waals surface area (Å²) in [4.78, 5) is 38.1. The number of hydrogen-bond acceptors (Lipinski definition) is 9. The van der Waals surface area contributed by atoms with Gasteiger partial charge in [0.2, 0.25) is 9.84 Å². The Labute approximate surface area is 219 Å². The number of nitrogens with zero attached hydrogens (tertiary/aromatic N) is 2. The van der Waals surface area contributed by atoms with Gasteiger partial charge >= 0.3 is 5.97 Å². The Hall–Kier alpha value is -3.50. The number of esters is 1. The summed E-state index contributed by atoms with van der Waals surface area (Å²) in [7, 11) is -0.138. The van der Waals surface area contributed by atoms with E-state index in [4.69, 9.17) is 9.47 Å². The third kappa shape index (κ3) is 11.4. The van der Waals surface area contributed by atoms with Crippen LogP contribution in [0, 0.1) is 0 Å². The van der Waals surface area contributed by atoms with Crippen LogP contribution in [0.15, 0.2) is 82.4 Å². The van der Waals surface area contributed by atoms with E-state index in [0.29, 0.717) is 13.2 Å². The van der Waals surface area contributed by atoms with Crippen molar-refractivity contribution in [2.24, 2.45) is 0 Å². The number of morpholine rings is 1. The topological polar surface area (TPSA) is 110 Å². The van der Waals surface area contributed by atoms with Gasteiger partial charge in [-0.15, -0.1) is 0 Å². The van der Waals surface area contributed by atoms with E-state index in [2.05, 4.69) is 4.90 Å². The predicted octanol–water partition coefficient (Wildman–Crippen LogP) is 2.92. The van der Waals surface area contributed by atoms with Gasteiger partial charge in [0.25, 0.3) is 0 Å². The van der Waals surface area contributed by atoms with Crippen LogP contribution in [0.3, 0.4) is 0 Å². The Kier molecular flexibility index (Phi) is 13.9. The summed E-state index contributed by atoms with van der Waals surface area (Å²) in [6.45, 7) is 7.60. The minimum Gasteiger partial charge on any atom is -0.462 e. The number of hydrogen-bond donors (Lipinski definition) is 0. The number of benzene rings is 1. The fourth-order valence-corrected chi connectivity index (χ4v) is 4.36. The SMILES string of the molecule is CC(=O)/C(=C\C=C\N(C)C)S(=O)(=O)c1ccccc1.CCOC(=O)/C(=C/C=C\N1CCOCC1)C(C)=O. The zero-order valence-electron chi connectivity index (χ0n) is 22.0. The molecule has 0 atom stereocenters. The lowest BCUT2D eigenvalue weighted by molar-refractivity contribution is -0.139. The number of allylic oxidation sites excluding steroid dienone is 5. The largest absolute Gasteiger partial charge is 0.462 e. The zero-order valence-corrected chi connectivity index (χ0v) is 22.9. The van der Waals surface area contributed by atoms with Crippen LogP contribution in [0.1, 0.15) is 20.8 Å². The molecule has 0 aromatic heterocycles. The molecule has 1 aromatic rings. The molecule has 0 amide bonds. The molecule has 1 saturated heterocycles. The van der Waals surface area contributed by atoms with Crippen molar-refractivity contribution in [2.75, 3.05) is 47.0 Å². The van der Waals surface area contributed by atoms with Crippen molar-refractivity contribution in [1.82, 2.24) is 9.80 Å². The summed E-state index contributed by atoms with van der Waals surface area (Å²) in [5, 5.41) is 0. The lowest BCUT2D eigenvalue weighted by Crippen LogP contribution is -2.31. The zero-order chi connectivity index (χ0) is 27.8. The molecule has 37 heavy (non-hydrogen) atoms. The first-order valence-corrected chi connectivity index (χ1v) is 13.2. The number of rotatable bonds is 10. The molecular weight excluding hydrogens is 496 g/mol. The van der Waals surface area contributed by atoms with Crippen LogP contribution in [-0.2, 0) is 33.7 Å². The Balaban J connectivity index is 0.000000371. The van der Waals surface area contributed by atoms with E-state index in [-0.39, 0.29) is 27.8 Å². The molecule has 0 aliphatic carbocycles. The van der Waals surface area contributed by atoms with Gasteiger partial charge in [-0.3, -0.25) is 9.59 Å². The maximum Gasteiger partial charge on any atom is 0.341 e.